The lowest BCUT2D eigenvalue weighted by molar-refractivity contribution is -0.119. The van der Waals surface area contributed by atoms with Crippen LogP contribution < -0.4 is 0 Å². The lowest BCUT2D eigenvalue weighted by Crippen LogP contribution is -2.16. The van der Waals surface area contributed by atoms with Gasteiger partial charge in [0.1, 0.15) is 0 Å². The van der Waals surface area contributed by atoms with Crippen LogP contribution in [0.25, 0.3) is 0 Å². The van der Waals surface area contributed by atoms with Crippen LogP contribution in [-0.4, -0.2) is 12.4 Å². The molecule has 74 valence electrons. The molecule has 0 spiro atoms. The van der Waals surface area contributed by atoms with Gasteiger partial charge in [0, 0.05) is 11.5 Å². The minimum Gasteiger partial charge on any atom is -0.501 e. The SMILES string of the molecule is CCCC(C)C(=O)C1=COCCC1. The number of hydrogen-bond donors (Lipinski definition) is 0. The van der Waals surface area contributed by atoms with E-state index in [0.29, 0.717) is 0 Å². The summed E-state index contributed by atoms with van der Waals surface area (Å²) in [6.45, 7) is 4.87. The van der Waals surface area contributed by atoms with Gasteiger partial charge in [-0.3, -0.25) is 4.79 Å². The highest BCUT2D eigenvalue weighted by atomic mass is 16.5. The summed E-state index contributed by atoms with van der Waals surface area (Å²) in [4.78, 5) is 11.7. The van der Waals surface area contributed by atoms with Crippen molar-refractivity contribution in [2.45, 2.75) is 39.5 Å². The molecule has 2 nitrogen and oxygen atoms in total. The summed E-state index contributed by atoms with van der Waals surface area (Å²) in [5.41, 5.74) is 0.882. The summed E-state index contributed by atoms with van der Waals surface area (Å²) >= 11 is 0. The molecule has 0 saturated heterocycles. The molecule has 0 saturated carbocycles. The Hall–Kier alpha value is -0.790. The first-order valence-corrected chi connectivity index (χ1v) is 5.10. The van der Waals surface area contributed by atoms with Crippen molar-refractivity contribution in [1.29, 1.82) is 0 Å². The van der Waals surface area contributed by atoms with Gasteiger partial charge < -0.3 is 4.74 Å². The van der Waals surface area contributed by atoms with E-state index in [-0.39, 0.29) is 11.7 Å². The third-order valence-corrected chi connectivity index (χ3v) is 2.42. The van der Waals surface area contributed by atoms with Crippen LogP contribution >= 0.6 is 0 Å². The van der Waals surface area contributed by atoms with Crippen LogP contribution in [0.4, 0.5) is 0 Å². The smallest absolute Gasteiger partial charge is 0.164 e. The number of ketones is 1. The quantitative estimate of drug-likeness (QED) is 0.668. The zero-order valence-electron chi connectivity index (χ0n) is 8.51. The number of carbonyl (C=O) groups excluding carboxylic acids is 1. The highest BCUT2D eigenvalue weighted by Crippen LogP contribution is 2.19. The maximum atomic E-state index is 11.7. The molecule has 1 heterocycles. The van der Waals surface area contributed by atoms with E-state index in [4.69, 9.17) is 4.74 Å². The molecule has 1 rings (SSSR count). The molecule has 0 bridgehead atoms. The molecule has 0 amide bonds. The number of rotatable bonds is 4. The third kappa shape index (κ3) is 2.87. The van der Waals surface area contributed by atoms with E-state index >= 15 is 0 Å². The van der Waals surface area contributed by atoms with Gasteiger partial charge in [0.05, 0.1) is 12.9 Å². The Morgan fingerprint density at radius 2 is 2.46 bits per heavy atom. The van der Waals surface area contributed by atoms with E-state index in [1.54, 1.807) is 6.26 Å². The Bertz CT molecular complexity index is 206. The van der Waals surface area contributed by atoms with E-state index in [9.17, 15) is 4.79 Å². The Morgan fingerprint density at radius 1 is 1.69 bits per heavy atom. The Labute approximate surface area is 80.0 Å². The molecular formula is C11H18O2. The molecule has 2 heteroatoms. The molecule has 1 aliphatic heterocycles. The zero-order valence-corrected chi connectivity index (χ0v) is 8.51. The van der Waals surface area contributed by atoms with Gasteiger partial charge in [0.25, 0.3) is 0 Å². The number of ether oxygens (including phenoxy) is 1. The molecule has 13 heavy (non-hydrogen) atoms. The van der Waals surface area contributed by atoms with Gasteiger partial charge in [0.2, 0.25) is 0 Å². The van der Waals surface area contributed by atoms with E-state index in [1.807, 2.05) is 6.92 Å². The predicted molar refractivity (Wildman–Crippen MR) is 52.3 cm³/mol. The lowest BCUT2D eigenvalue weighted by Gasteiger charge is -2.15. The second-order valence-corrected chi connectivity index (χ2v) is 3.67. The highest BCUT2D eigenvalue weighted by molar-refractivity contribution is 5.96. The molecule has 1 unspecified atom stereocenters. The average Bonchev–Trinajstić information content (AvgIpc) is 2.18. The fourth-order valence-corrected chi connectivity index (χ4v) is 1.63. The minimum absolute atomic E-state index is 0.165. The van der Waals surface area contributed by atoms with Gasteiger partial charge in [-0.2, -0.15) is 0 Å². The Kier molecular flexibility index (Phi) is 4.00. The van der Waals surface area contributed by atoms with Crippen molar-refractivity contribution in [1.82, 2.24) is 0 Å². The van der Waals surface area contributed by atoms with E-state index in [2.05, 4.69) is 6.92 Å². The highest BCUT2D eigenvalue weighted by Gasteiger charge is 2.18. The molecule has 0 aromatic heterocycles. The third-order valence-electron chi connectivity index (χ3n) is 2.42. The van der Waals surface area contributed by atoms with Crippen molar-refractivity contribution < 1.29 is 9.53 Å². The van der Waals surface area contributed by atoms with Crippen LogP contribution in [0, 0.1) is 5.92 Å². The van der Waals surface area contributed by atoms with Crippen LogP contribution in [0.1, 0.15) is 39.5 Å². The first-order valence-electron chi connectivity index (χ1n) is 5.10. The van der Waals surface area contributed by atoms with Crippen LogP contribution in [0.15, 0.2) is 11.8 Å². The summed E-state index contributed by atoms with van der Waals surface area (Å²) in [6.07, 6.45) is 5.58. The summed E-state index contributed by atoms with van der Waals surface area (Å²) < 4.78 is 5.15. The second-order valence-electron chi connectivity index (χ2n) is 3.67. The topological polar surface area (TPSA) is 26.3 Å². The number of carbonyl (C=O) groups is 1. The van der Waals surface area contributed by atoms with Crippen LogP contribution in [0.5, 0.6) is 0 Å². The molecule has 0 N–H and O–H groups in total. The predicted octanol–water partition coefficient (Wildman–Crippen LogP) is 2.69. The van der Waals surface area contributed by atoms with Crippen LogP contribution in [0.2, 0.25) is 0 Å². The normalized spacial score (nSPS) is 18.8. The first kappa shape index (κ1) is 10.3. The van der Waals surface area contributed by atoms with Crippen molar-refractivity contribution in [2.24, 2.45) is 5.92 Å². The summed E-state index contributed by atoms with van der Waals surface area (Å²) in [7, 11) is 0. The number of Topliss-reactive ketones (excluding diaryl/α,β-unsaturated/α-hetero) is 1. The van der Waals surface area contributed by atoms with Gasteiger partial charge >= 0.3 is 0 Å². The Morgan fingerprint density at radius 3 is 3.00 bits per heavy atom. The Balaban J connectivity index is 2.50. The molecule has 1 aliphatic rings. The van der Waals surface area contributed by atoms with E-state index in [0.717, 1.165) is 37.9 Å². The number of hydrogen-bond acceptors (Lipinski definition) is 2. The van der Waals surface area contributed by atoms with Gasteiger partial charge in [0.15, 0.2) is 5.78 Å². The molecule has 1 atom stereocenters. The molecule has 0 aromatic rings. The van der Waals surface area contributed by atoms with Crippen molar-refractivity contribution in [3.63, 3.8) is 0 Å². The van der Waals surface area contributed by atoms with E-state index < -0.39 is 0 Å². The molecule has 0 aliphatic carbocycles. The van der Waals surface area contributed by atoms with Crippen LogP contribution in [0.3, 0.4) is 0 Å². The standard InChI is InChI=1S/C11H18O2/c1-3-5-9(2)11(12)10-6-4-7-13-8-10/h8-9H,3-7H2,1-2H3. The van der Waals surface area contributed by atoms with Gasteiger partial charge in [-0.25, -0.2) is 0 Å². The van der Waals surface area contributed by atoms with Crippen molar-refractivity contribution >= 4 is 5.78 Å². The van der Waals surface area contributed by atoms with Gasteiger partial charge in [-0.05, 0) is 19.3 Å². The minimum atomic E-state index is 0.165. The summed E-state index contributed by atoms with van der Waals surface area (Å²) in [5.74, 6) is 0.444. The largest absolute Gasteiger partial charge is 0.501 e. The van der Waals surface area contributed by atoms with E-state index in [1.165, 1.54) is 0 Å². The van der Waals surface area contributed by atoms with Crippen molar-refractivity contribution in [3.8, 4) is 0 Å². The van der Waals surface area contributed by atoms with Crippen LogP contribution in [-0.2, 0) is 9.53 Å². The fourth-order valence-electron chi connectivity index (χ4n) is 1.63. The second kappa shape index (κ2) is 5.05. The van der Waals surface area contributed by atoms with Gasteiger partial charge in [-0.15, -0.1) is 0 Å². The van der Waals surface area contributed by atoms with Gasteiger partial charge in [-0.1, -0.05) is 20.3 Å². The average molecular weight is 182 g/mol. The fraction of sp³-hybridized carbons (Fsp3) is 0.727. The zero-order chi connectivity index (χ0) is 9.68. The summed E-state index contributed by atoms with van der Waals surface area (Å²) in [6, 6.07) is 0. The summed E-state index contributed by atoms with van der Waals surface area (Å²) in [5, 5.41) is 0. The molecule has 0 fully saturated rings. The number of allylic oxidation sites excluding steroid dienone is 1. The monoisotopic (exact) mass is 182 g/mol. The van der Waals surface area contributed by atoms with Crippen molar-refractivity contribution in [2.75, 3.05) is 6.61 Å². The molecule has 0 radical (unpaired) electrons. The van der Waals surface area contributed by atoms with Crippen molar-refractivity contribution in [3.05, 3.63) is 11.8 Å². The first-order chi connectivity index (χ1) is 6.25. The lowest BCUT2D eigenvalue weighted by atomic mass is 9.93. The molecule has 0 aromatic carbocycles. The molecular weight excluding hydrogens is 164 g/mol. The maximum absolute atomic E-state index is 11.7. The maximum Gasteiger partial charge on any atom is 0.164 e.